The van der Waals surface area contributed by atoms with Crippen molar-refractivity contribution < 1.29 is 14.4 Å². The number of anilines is 1. The summed E-state index contributed by atoms with van der Waals surface area (Å²) in [7, 11) is 0. The zero-order chi connectivity index (χ0) is 21.2. The summed E-state index contributed by atoms with van der Waals surface area (Å²) in [5, 5.41) is 3.35. The van der Waals surface area contributed by atoms with E-state index in [1.165, 1.54) is 0 Å². The largest absolute Gasteiger partial charge is 0.326 e. The third-order valence-corrected chi connectivity index (χ3v) is 4.76. The Morgan fingerprint density at radius 2 is 1.59 bits per heavy atom. The molecule has 3 amide bonds. The van der Waals surface area contributed by atoms with Crippen molar-refractivity contribution >= 4 is 35.0 Å². The number of benzene rings is 2. The lowest BCUT2D eigenvalue weighted by molar-refractivity contribution is -0.129. The predicted octanol–water partition coefficient (Wildman–Crippen LogP) is 3.78. The normalized spacial score (nSPS) is 11.4. The highest BCUT2D eigenvalue weighted by molar-refractivity contribution is 6.31. The molecule has 2 aromatic rings. The minimum atomic E-state index is -0.336. The van der Waals surface area contributed by atoms with E-state index in [0.29, 0.717) is 17.1 Å². The molecule has 0 fully saturated rings. The van der Waals surface area contributed by atoms with E-state index in [2.05, 4.69) is 16.2 Å². The van der Waals surface area contributed by atoms with Crippen LogP contribution in [0.15, 0.2) is 48.5 Å². The van der Waals surface area contributed by atoms with E-state index in [1.807, 2.05) is 43.3 Å². The molecule has 0 aromatic heterocycles. The van der Waals surface area contributed by atoms with Crippen molar-refractivity contribution in [1.29, 1.82) is 0 Å². The van der Waals surface area contributed by atoms with Gasteiger partial charge in [0, 0.05) is 30.0 Å². The van der Waals surface area contributed by atoms with Crippen LogP contribution >= 0.6 is 11.6 Å². The molecule has 0 aliphatic carbocycles. The number of halogens is 1. The van der Waals surface area contributed by atoms with Gasteiger partial charge >= 0.3 is 0 Å². The molecule has 0 heterocycles. The number of aryl methyl sites for hydroxylation is 2. The molecule has 6 nitrogen and oxygen atoms in total. The van der Waals surface area contributed by atoms with Crippen LogP contribution in [-0.2, 0) is 20.8 Å². The Balaban J connectivity index is 1.66. The molecule has 3 N–H and O–H groups in total. The van der Waals surface area contributed by atoms with Gasteiger partial charge in [-0.3, -0.25) is 25.2 Å². The molecule has 154 valence electrons. The van der Waals surface area contributed by atoms with Crippen LogP contribution < -0.4 is 16.2 Å². The zero-order valence-corrected chi connectivity index (χ0v) is 17.4. The third kappa shape index (κ3) is 8.35. The minimum Gasteiger partial charge on any atom is -0.326 e. The Morgan fingerprint density at radius 1 is 0.931 bits per heavy atom. The van der Waals surface area contributed by atoms with Gasteiger partial charge in [0.05, 0.1) is 0 Å². The average molecular weight is 416 g/mol. The van der Waals surface area contributed by atoms with Crippen molar-refractivity contribution in [2.75, 3.05) is 5.32 Å². The first-order valence-electron chi connectivity index (χ1n) is 9.51. The Kier molecular flexibility index (Phi) is 8.68. The van der Waals surface area contributed by atoms with Crippen LogP contribution in [0, 0.1) is 12.8 Å². The minimum absolute atomic E-state index is 0.126. The van der Waals surface area contributed by atoms with Crippen molar-refractivity contribution in [3.05, 3.63) is 64.7 Å². The molecule has 2 rings (SSSR count). The van der Waals surface area contributed by atoms with Crippen LogP contribution in [-0.4, -0.2) is 17.7 Å². The SMILES string of the molecule is Cc1ccc(NC(=O)C[C@@H](C)CC(=O)NNC(=O)CCc2ccccc2)cc1Cl. The lowest BCUT2D eigenvalue weighted by Gasteiger charge is -2.13. The molecule has 0 aliphatic heterocycles. The summed E-state index contributed by atoms with van der Waals surface area (Å²) in [6, 6.07) is 14.9. The van der Waals surface area contributed by atoms with Gasteiger partial charge in [-0.25, -0.2) is 0 Å². The summed E-state index contributed by atoms with van der Waals surface area (Å²) in [5.74, 6) is -0.977. The van der Waals surface area contributed by atoms with Gasteiger partial charge < -0.3 is 5.32 Å². The molecule has 1 atom stereocenters. The second-order valence-electron chi connectivity index (χ2n) is 7.11. The number of rotatable bonds is 8. The van der Waals surface area contributed by atoms with Gasteiger partial charge in [0.1, 0.15) is 0 Å². The quantitative estimate of drug-likeness (QED) is 0.573. The Labute approximate surface area is 176 Å². The topological polar surface area (TPSA) is 87.3 Å². The summed E-state index contributed by atoms with van der Waals surface area (Å²) in [5.41, 5.74) is 7.42. The van der Waals surface area contributed by atoms with Crippen molar-refractivity contribution in [2.24, 2.45) is 5.92 Å². The summed E-state index contributed by atoms with van der Waals surface area (Å²) < 4.78 is 0. The standard InChI is InChI=1S/C22H26ClN3O3/c1-15(12-21(28)24-18-10-8-16(2)19(23)14-18)13-22(29)26-25-20(27)11-9-17-6-4-3-5-7-17/h3-8,10,14-15H,9,11-13H2,1-2H3,(H,24,28)(H,25,27)(H,26,29)/t15-/m1/s1. The molecule has 0 aliphatic rings. The Hall–Kier alpha value is -2.86. The average Bonchev–Trinajstić information content (AvgIpc) is 2.68. The van der Waals surface area contributed by atoms with Gasteiger partial charge in [0.2, 0.25) is 17.7 Å². The Morgan fingerprint density at radius 3 is 2.28 bits per heavy atom. The summed E-state index contributed by atoms with van der Waals surface area (Å²) in [6.45, 7) is 3.69. The van der Waals surface area contributed by atoms with Crippen LogP contribution in [0.2, 0.25) is 5.02 Å². The van der Waals surface area contributed by atoms with Crippen molar-refractivity contribution in [3.8, 4) is 0 Å². The Bertz CT molecular complexity index is 856. The highest BCUT2D eigenvalue weighted by atomic mass is 35.5. The van der Waals surface area contributed by atoms with Gasteiger partial charge in [-0.1, -0.05) is 54.9 Å². The zero-order valence-electron chi connectivity index (χ0n) is 16.6. The first-order valence-corrected chi connectivity index (χ1v) is 9.89. The number of amides is 3. The van der Waals surface area contributed by atoms with Crippen molar-refractivity contribution in [3.63, 3.8) is 0 Å². The molecular formula is C22H26ClN3O3. The highest BCUT2D eigenvalue weighted by Crippen LogP contribution is 2.20. The van der Waals surface area contributed by atoms with Crippen LogP contribution in [0.3, 0.4) is 0 Å². The molecule has 7 heteroatoms. The number of carbonyl (C=O) groups is 3. The molecular weight excluding hydrogens is 390 g/mol. The molecule has 0 bridgehead atoms. The fourth-order valence-corrected chi connectivity index (χ4v) is 2.92. The smallest absolute Gasteiger partial charge is 0.238 e. The van der Waals surface area contributed by atoms with E-state index >= 15 is 0 Å². The number of hydrogen-bond acceptors (Lipinski definition) is 3. The second-order valence-corrected chi connectivity index (χ2v) is 7.51. The molecule has 0 spiro atoms. The first kappa shape index (κ1) is 22.4. The number of hydrogen-bond donors (Lipinski definition) is 3. The summed E-state index contributed by atoms with van der Waals surface area (Å²) in [6.07, 6.45) is 1.19. The van der Waals surface area contributed by atoms with Gasteiger partial charge in [-0.2, -0.15) is 0 Å². The second kappa shape index (κ2) is 11.2. The molecule has 0 saturated carbocycles. The van der Waals surface area contributed by atoms with Crippen LogP contribution in [0.25, 0.3) is 0 Å². The molecule has 0 saturated heterocycles. The maximum Gasteiger partial charge on any atom is 0.238 e. The summed E-state index contributed by atoms with van der Waals surface area (Å²) in [4.78, 5) is 35.9. The van der Waals surface area contributed by atoms with Gasteiger partial charge in [-0.05, 0) is 42.5 Å². The van der Waals surface area contributed by atoms with Crippen LogP contribution in [0.5, 0.6) is 0 Å². The van der Waals surface area contributed by atoms with E-state index < -0.39 is 0 Å². The lowest BCUT2D eigenvalue weighted by atomic mass is 10.0. The van der Waals surface area contributed by atoms with Crippen molar-refractivity contribution in [2.45, 2.75) is 39.5 Å². The molecule has 0 radical (unpaired) electrons. The molecule has 29 heavy (non-hydrogen) atoms. The predicted molar refractivity (Wildman–Crippen MR) is 114 cm³/mol. The first-order chi connectivity index (χ1) is 13.8. The van der Waals surface area contributed by atoms with Gasteiger partial charge in [-0.15, -0.1) is 0 Å². The maximum absolute atomic E-state index is 12.1. The molecule has 0 unspecified atom stereocenters. The third-order valence-electron chi connectivity index (χ3n) is 4.35. The van der Waals surface area contributed by atoms with Crippen molar-refractivity contribution in [1.82, 2.24) is 10.9 Å². The van der Waals surface area contributed by atoms with E-state index in [4.69, 9.17) is 11.6 Å². The fourth-order valence-electron chi connectivity index (χ4n) is 2.74. The number of nitrogens with one attached hydrogen (secondary N) is 3. The van der Waals surface area contributed by atoms with Crippen LogP contribution in [0.4, 0.5) is 5.69 Å². The fraction of sp³-hybridized carbons (Fsp3) is 0.318. The van der Waals surface area contributed by atoms with E-state index in [9.17, 15) is 14.4 Å². The number of carbonyl (C=O) groups excluding carboxylic acids is 3. The van der Waals surface area contributed by atoms with E-state index in [1.54, 1.807) is 19.1 Å². The summed E-state index contributed by atoms with van der Waals surface area (Å²) >= 11 is 6.05. The van der Waals surface area contributed by atoms with E-state index in [0.717, 1.165) is 11.1 Å². The molecule has 2 aromatic carbocycles. The lowest BCUT2D eigenvalue weighted by Crippen LogP contribution is -2.42. The van der Waals surface area contributed by atoms with Gasteiger partial charge in [0.25, 0.3) is 0 Å². The monoisotopic (exact) mass is 415 g/mol. The van der Waals surface area contributed by atoms with Crippen LogP contribution in [0.1, 0.15) is 37.3 Å². The van der Waals surface area contributed by atoms with Gasteiger partial charge in [0.15, 0.2) is 0 Å². The van der Waals surface area contributed by atoms with E-state index in [-0.39, 0.29) is 42.9 Å². The maximum atomic E-state index is 12.1. The number of hydrazine groups is 1. The highest BCUT2D eigenvalue weighted by Gasteiger charge is 2.14.